The number of hydrogen-bond donors (Lipinski definition) is 1. The maximum Gasteiger partial charge on any atom is 0.286 e. The quantitative estimate of drug-likeness (QED) is 0.194. The van der Waals surface area contributed by atoms with Gasteiger partial charge in [-0.3, -0.25) is 4.55 Å². The van der Waals surface area contributed by atoms with Crippen molar-refractivity contribution in [2.45, 2.75) is 44.4 Å². The van der Waals surface area contributed by atoms with E-state index < -0.39 is 15.5 Å². The lowest BCUT2D eigenvalue weighted by atomic mass is 10.0. The number of rotatable bonds is 10. The predicted octanol–water partition coefficient (Wildman–Crippen LogP) is 7.24. The van der Waals surface area contributed by atoms with Crippen LogP contribution in [0, 0.1) is 0 Å². The van der Waals surface area contributed by atoms with Crippen LogP contribution in [0.2, 0.25) is 0 Å². The fraction of sp³-hybridized carbons (Fsp3) is 0.250. The molecular formula is C28H30N2O3S. The Labute approximate surface area is 201 Å². The summed E-state index contributed by atoms with van der Waals surface area (Å²) >= 11 is 0. The molecule has 0 spiro atoms. The van der Waals surface area contributed by atoms with Crippen LogP contribution in [-0.4, -0.2) is 22.5 Å². The summed E-state index contributed by atoms with van der Waals surface area (Å²) in [5.41, 5.74) is 3.90. The summed E-state index contributed by atoms with van der Waals surface area (Å²) in [6.45, 7) is 2.11. The smallest absolute Gasteiger partial charge is 0.286 e. The van der Waals surface area contributed by atoms with Gasteiger partial charge >= 0.3 is 0 Å². The highest BCUT2D eigenvalue weighted by molar-refractivity contribution is 7.85. The Morgan fingerprint density at radius 3 is 1.82 bits per heavy atom. The number of unbranched alkanes of at least 4 members (excludes halogenated alkanes) is 3. The molecule has 1 aromatic heterocycles. The van der Waals surface area contributed by atoms with Crippen LogP contribution in [0.15, 0.2) is 91.0 Å². The van der Waals surface area contributed by atoms with Gasteiger partial charge in [-0.25, -0.2) is 4.98 Å². The van der Waals surface area contributed by atoms with Gasteiger partial charge in [-0.15, -0.1) is 0 Å². The third kappa shape index (κ3) is 5.29. The second-order valence-electron chi connectivity index (χ2n) is 8.42. The number of hydrogen-bond acceptors (Lipinski definition) is 3. The Morgan fingerprint density at radius 1 is 0.765 bits per heavy atom. The van der Waals surface area contributed by atoms with Gasteiger partial charge in [0.2, 0.25) is 0 Å². The number of aromatic nitrogens is 2. The fourth-order valence-corrected chi connectivity index (χ4v) is 5.27. The molecule has 0 fully saturated rings. The van der Waals surface area contributed by atoms with Gasteiger partial charge < -0.3 is 4.57 Å². The minimum absolute atomic E-state index is 0.309. The van der Waals surface area contributed by atoms with Gasteiger partial charge in [0.05, 0.1) is 11.4 Å². The molecule has 4 rings (SSSR count). The largest absolute Gasteiger partial charge is 0.303 e. The average Bonchev–Trinajstić information content (AvgIpc) is 3.25. The van der Waals surface area contributed by atoms with Crippen molar-refractivity contribution in [2.75, 3.05) is 0 Å². The van der Waals surface area contributed by atoms with E-state index in [9.17, 15) is 13.0 Å². The van der Waals surface area contributed by atoms with Gasteiger partial charge in [0.1, 0.15) is 5.82 Å². The molecule has 1 heterocycles. The van der Waals surface area contributed by atoms with Crippen molar-refractivity contribution < 1.29 is 13.0 Å². The van der Waals surface area contributed by atoms with E-state index >= 15 is 0 Å². The van der Waals surface area contributed by atoms with Crippen LogP contribution in [-0.2, 0) is 10.1 Å². The van der Waals surface area contributed by atoms with Gasteiger partial charge in [-0.2, -0.15) is 8.42 Å². The monoisotopic (exact) mass is 474 g/mol. The molecule has 3 aromatic carbocycles. The van der Waals surface area contributed by atoms with Crippen molar-refractivity contribution in [1.29, 1.82) is 0 Å². The molecular weight excluding hydrogens is 444 g/mol. The number of nitrogens with zero attached hydrogens (tertiary/aromatic N) is 2. The van der Waals surface area contributed by atoms with E-state index in [1.54, 1.807) is 4.57 Å². The SMILES string of the molecule is CCCCCCC(n1c(-c2ccccc2)nc(-c2ccccc2)c1-c1ccccc1)S(=O)(=O)O. The van der Waals surface area contributed by atoms with Crippen molar-refractivity contribution in [1.82, 2.24) is 9.55 Å². The van der Waals surface area contributed by atoms with Crippen molar-refractivity contribution >= 4 is 10.1 Å². The Kier molecular flexibility index (Phi) is 7.60. The lowest BCUT2D eigenvalue weighted by Gasteiger charge is -2.22. The van der Waals surface area contributed by atoms with E-state index in [-0.39, 0.29) is 0 Å². The third-order valence-electron chi connectivity index (χ3n) is 5.97. The zero-order chi connectivity index (χ0) is 24.0. The first-order valence-electron chi connectivity index (χ1n) is 11.8. The summed E-state index contributed by atoms with van der Waals surface area (Å²) in [5.74, 6) is 0.524. The van der Waals surface area contributed by atoms with Crippen LogP contribution >= 0.6 is 0 Å². The maximum absolute atomic E-state index is 12.8. The molecule has 0 aliphatic rings. The standard InChI is InChI=1S/C28H30N2O3S/c1-2-3-4-14-21-25(34(31,32)33)30-27(23-17-10-6-11-18-23)26(22-15-8-5-9-16-22)29-28(30)24-19-12-7-13-20-24/h5-13,15-20,25H,2-4,14,21H2,1H3,(H,31,32,33). The first-order chi connectivity index (χ1) is 16.5. The molecule has 1 unspecified atom stereocenters. The predicted molar refractivity (Wildman–Crippen MR) is 138 cm³/mol. The normalized spacial score (nSPS) is 12.5. The van der Waals surface area contributed by atoms with Gasteiger partial charge in [0.15, 0.2) is 5.37 Å². The van der Waals surface area contributed by atoms with Gasteiger partial charge in [-0.05, 0) is 6.42 Å². The van der Waals surface area contributed by atoms with Crippen molar-refractivity contribution in [2.24, 2.45) is 0 Å². The molecule has 0 radical (unpaired) electrons. The molecule has 0 saturated heterocycles. The highest BCUT2D eigenvalue weighted by Gasteiger charge is 2.32. The van der Waals surface area contributed by atoms with E-state index in [1.165, 1.54) is 0 Å². The van der Waals surface area contributed by atoms with Crippen LogP contribution in [0.3, 0.4) is 0 Å². The number of benzene rings is 3. The van der Waals surface area contributed by atoms with E-state index in [0.29, 0.717) is 30.1 Å². The van der Waals surface area contributed by atoms with Gasteiger partial charge in [0.25, 0.3) is 10.1 Å². The molecule has 0 aliphatic carbocycles. The summed E-state index contributed by atoms with van der Waals surface area (Å²) in [5, 5.41) is -1.14. The first kappa shape index (κ1) is 23.9. The lowest BCUT2D eigenvalue weighted by Crippen LogP contribution is -2.21. The highest BCUT2D eigenvalue weighted by Crippen LogP contribution is 2.40. The lowest BCUT2D eigenvalue weighted by molar-refractivity contribution is 0.430. The van der Waals surface area contributed by atoms with Crippen LogP contribution in [0.25, 0.3) is 33.9 Å². The Hall–Kier alpha value is -3.22. The van der Waals surface area contributed by atoms with E-state index in [1.807, 2.05) is 91.0 Å². The molecule has 1 N–H and O–H groups in total. The van der Waals surface area contributed by atoms with Crippen LogP contribution in [0.1, 0.15) is 44.4 Å². The fourth-order valence-electron chi connectivity index (χ4n) is 4.33. The Morgan fingerprint density at radius 2 is 1.29 bits per heavy atom. The topological polar surface area (TPSA) is 72.2 Å². The molecule has 0 aliphatic heterocycles. The molecule has 0 bridgehead atoms. The molecule has 0 amide bonds. The second kappa shape index (κ2) is 10.8. The zero-order valence-electron chi connectivity index (χ0n) is 19.3. The Balaban J connectivity index is 2.01. The summed E-state index contributed by atoms with van der Waals surface area (Å²) in [6, 6.07) is 29.0. The van der Waals surface area contributed by atoms with E-state index in [0.717, 1.165) is 36.0 Å². The molecule has 0 saturated carbocycles. The molecule has 176 valence electrons. The highest BCUT2D eigenvalue weighted by atomic mass is 32.2. The maximum atomic E-state index is 12.8. The van der Waals surface area contributed by atoms with Gasteiger partial charge in [-0.1, -0.05) is 124 Å². The number of imidazole rings is 1. The molecule has 1 atom stereocenters. The minimum atomic E-state index is -4.41. The summed E-state index contributed by atoms with van der Waals surface area (Å²) in [7, 11) is -4.41. The zero-order valence-corrected chi connectivity index (χ0v) is 20.2. The molecule has 34 heavy (non-hydrogen) atoms. The molecule has 4 aromatic rings. The Bertz CT molecular complexity index is 1300. The van der Waals surface area contributed by atoms with Crippen LogP contribution in [0.4, 0.5) is 0 Å². The molecule has 5 nitrogen and oxygen atoms in total. The minimum Gasteiger partial charge on any atom is -0.303 e. The third-order valence-corrected chi connectivity index (χ3v) is 7.11. The van der Waals surface area contributed by atoms with E-state index in [2.05, 4.69) is 6.92 Å². The van der Waals surface area contributed by atoms with Crippen LogP contribution in [0.5, 0.6) is 0 Å². The van der Waals surface area contributed by atoms with Crippen molar-refractivity contribution in [3.05, 3.63) is 91.0 Å². The molecule has 6 heteroatoms. The van der Waals surface area contributed by atoms with Crippen LogP contribution < -0.4 is 0 Å². The average molecular weight is 475 g/mol. The summed E-state index contributed by atoms with van der Waals surface area (Å²) in [4.78, 5) is 4.99. The van der Waals surface area contributed by atoms with Crippen molar-refractivity contribution in [3.63, 3.8) is 0 Å². The second-order valence-corrected chi connectivity index (χ2v) is 9.99. The first-order valence-corrected chi connectivity index (χ1v) is 13.3. The van der Waals surface area contributed by atoms with E-state index in [4.69, 9.17) is 4.98 Å². The van der Waals surface area contributed by atoms with Crippen molar-refractivity contribution in [3.8, 4) is 33.9 Å². The summed E-state index contributed by atoms with van der Waals surface area (Å²) < 4.78 is 37.8. The van der Waals surface area contributed by atoms with Gasteiger partial charge in [0, 0.05) is 16.7 Å². The summed E-state index contributed by atoms with van der Waals surface area (Å²) in [6.07, 6.45) is 3.98.